The van der Waals surface area contributed by atoms with Gasteiger partial charge in [0.25, 0.3) is 5.69 Å². The Bertz CT molecular complexity index is 1680. The first-order valence-electron chi connectivity index (χ1n) is 9.63. The zero-order chi connectivity index (χ0) is 25.7. The second kappa shape index (κ2) is 9.45. The summed E-state index contributed by atoms with van der Waals surface area (Å²) in [6, 6.07) is 11.1. The first-order chi connectivity index (χ1) is 16.4. The molecule has 3 aromatic carbocycles. The van der Waals surface area contributed by atoms with Gasteiger partial charge in [0.05, 0.1) is 29.0 Å². The molecule has 1 N–H and O–H groups in total. The fourth-order valence-electron chi connectivity index (χ4n) is 3.63. The van der Waals surface area contributed by atoms with E-state index in [2.05, 4.69) is 0 Å². The molecule has 4 aromatic rings. The SMILES string of the molecule is O=c1n(Cc2ccc(Cl)cc2Cl)c2cc([N+](=O)[O-])c(S(=O)(=O)O)cc2n1Cc1ccc(Cl)cc1Cl. The quantitative estimate of drug-likeness (QED) is 0.179. The van der Waals surface area contributed by atoms with E-state index in [9.17, 15) is 27.9 Å². The van der Waals surface area contributed by atoms with Crippen molar-refractivity contribution in [3.8, 4) is 0 Å². The van der Waals surface area contributed by atoms with Gasteiger partial charge in [0.1, 0.15) is 0 Å². The number of halogens is 4. The Morgan fingerprint density at radius 2 is 1.29 bits per heavy atom. The van der Waals surface area contributed by atoms with Gasteiger partial charge in [-0.3, -0.25) is 23.8 Å². The smallest absolute Gasteiger partial charge is 0.287 e. The predicted molar refractivity (Wildman–Crippen MR) is 134 cm³/mol. The average Bonchev–Trinajstić information content (AvgIpc) is 3.01. The van der Waals surface area contributed by atoms with Gasteiger partial charge in [-0.15, -0.1) is 0 Å². The van der Waals surface area contributed by atoms with Crippen molar-refractivity contribution in [1.82, 2.24) is 9.13 Å². The third kappa shape index (κ3) is 5.04. The van der Waals surface area contributed by atoms with Crippen LogP contribution in [0.1, 0.15) is 11.1 Å². The van der Waals surface area contributed by atoms with E-state index in [0.717, 1.165) is 12.1 Å². The molecule has 0 saturated heterocycles. The van der Waals surface area contributed by atoms with Crippen LogP contribution >= 0.6 is 46.4 Å². The van der Waals surface area contributed by atoms with E-state index in [1.165, 1.54) is 21.3 Å². The third-order valence-corrected chi connectivity index (χ3v) is 7.32. The van der Waals surface area contributed by atoms with Gasteiger partial charge in [-0.2, -0.15) is 8.42 Å². The number of nitro groups is 1. The maximum Gasteiger partial charge on any atom is 0.329 e. The van der Waals surface area contributed by atoms with Crippen LogP contribution in [0.2, 0.25) is 20.1 Å². The molecule has 35 heavy (non-hydrogen) atoms. The molecular weight excluding hydrogens is 564 g/mol. The molecule has 0 aliphatic rings. The molecular formula is C21H13Cl4N3O6S. The minimum absolute atomic E-state index is 0.0179. The molecule has 9 nitrogen and oxygen atoms in total. The molecule has 0 saturated carbocycles. The van der Waals surface area contributed by atoms with Crippen LogP contribution in [0.3, 0.4) is 0 Å². The molecule has 0 aliphatic heterocycles. The summed E-state index contributed by atoms with van der Waals surface area (Å²) < 4.78 is 35.8. The van der Waals surface area contributed by atoms with Crippen LogP contribution in [0.15, 0.2) is 58.2 Å². The molecule has 0 spiro atoms. The number of hydrogen-bond donors (Lipinski definition) is 1. The fourth-order valence-corrected chi connectivity index (χ4v) is 5.22. The summed E-state index contributed by atoms with van der Waals surface area (Å²) in [5.74, 6) is 0. The van der Waals surface area contributed by atoms with Gasteiger partial charge in [0.2, 0.25) is 0 Å². The highest BCUT2D eigenvalue weighted by molar-refractivity contribution is 7.86. The van der Waals surface area contributed by atoms with Gasteiger partial charge in [-0.25, -0.2) is 4.79 Å². The van der Waals surface area contributed by atoms with Crippen LogP contribution in [0.5, 0.6) is 0 Å². The number of rotatable bonds is 6. The highest BCUT2D eigenvalue weighted by Crippen LogP contribution is 2.31. The van der Waals surface area contributed by atoms with Gasteiger partial charge >= 0.3 is 15.8 Å². The van der Waals surface area contributed by atoms with E-state index in [1.807, 2.05) is 0 Å². The van der Waals surface area contributed by atoms with Crippen molar-refractivity contribution in [1.29, 1.82) is 0 Å². The average molecular weight is 577 g/mol. The standard InChI is InChI=1S/C21H13Cl4N3O6S/c22-13-3-1-11(15(24)5-13)9-26-17-7-19(28(30)31)20(35(32,33)34)8-18(17)27(21(26)29)10-12-2-4-14(23)6-16(12)25/h1-8H,9-10H2,(H,32,33,34). The van der Waals surface area contributed by atoms with Crippen LogP contribution in [-0.4, -0.2) is 27.0 Å². The summed E-state index contributed by atoms with van der Waals surface area (Å²) in [5.41, 5.74) is -0.484. The highest BCUT2D eigenvalue weighted by atomic mass is 35.5. The van der Waals surface area contributed by atoms with Crippen molar-refractivity contribution in [2.75, 3.05) is 0 Å². The third-order valence-electron chi connectivity index (χ3n) is 5.26. The van der Waals surface area contributed by atoms with Crippen molar-refractivity contribution in [2.45, 2.75) is 18.0 Å². The molecule has 0 bridgehead atoms. The first kappa shape index (κ1) is 25.5. The lowest BCUT2D eigenvalue weighted by Gasteiger charge is -2.07. The van der Waals surface area contributed by atoms with Crippen LogP contribution in [-0.2, 0) is 23.2 Å². The summed E-state index contributed by atoms with van der Waals surface area (Å²) in [4.78, 5) is 23.2. The molecule has 182 valence electrons. The number of nitro benzene ring substituents is 1. The monoisotopic (exact) mass is 575 g/mol. The number of imidazole rings is 1. The first-order valence-corrected chi connectivity index (χ1v) is 12.6. The maximum atomic E-state index is 13.5. The molecule has 0 amide bonds. The Morgan fingerprint density at radius 1 is 0.829 bits per heavy atom. The second-order valence-corrected chi connectivity index (χ2v) is 10.5. The molecule has 0 unspecified atom stereocenters. The van der Waals surface area contributed by atoms with Gasteiger partial charge in [-0.1, -0.05) is 58.5 Å². The van der Waals surface area contributed by atoms with E-state index in [4.69, 9.17) is 46.4 Å². The highest BCUT2D eigenvalue weighted by Gasteiger charge is 2.28. The topological polar surface area (TPSA) is 124 Å². The lowest BCUT2D eigenvalue weighted by molar-refractivity contribution is -0.387. The largest absolute Gasteiger partial charge is 0.329 e. The Kier molecular flexibility index (Phi) is 6.89. The van der Waals surface area contributed by atoms with Crippen molar-refractivity contribution in [2.24, 2.45) is 0 Å². The Morgan fingerprint density at radius 3 is 1.69 bits per heavy atom. The molecule has 4 rings (SSSR count). The van der Waals surface area contributed by atoms with Crippen LogP contribution in [0.4, 0.5) is 5.69 Å². The number of hydrogen-bond acceptors (Lipinski definition) is 5. The van der Waals surface area contributed by atoms with E-state index in [0.29, 0.717) is 21.2 Å². The molecule has 0 atom stereocenters. The minimum atomic E-state index is -4.99. The normalized spacial score (nSPS) is 11.8. The van der Waals surface area contributed by atoms with E-state index >= 15 is 0 Å². The Labute approximate surface area is 217 Å². The Balaban J connectivity index is 2.02. The van der Waals surface area contributed by atoms with Crippen molar-refractivity contribution in [3.63, 3.8) is 0 Å². The Hall–Kier alpha value is -2.60. The second-order valence-electron chi connectivity index (χ2n) is 7.47. The summed E-state index contributed by atoms with van der Waals surface area (Å²) in [6.45, 7) is -0.218. The van der Waals surface area contributed by atoms with Gasteiger partial charge in [0, 0.05) is 26.2 Å². The summed E-state index contributed by atoms with van der Waals surface area (Å²) >= 11 is 24.4. The number of aromatic nitrogens is 2. The number of benzene rings is 3. The van der Waals surface area contributed by atoms with Crippen molar-refractivity contribution >= 4 is 73.2 Å². The fraction of sp³-hybridized carbons (Fsp3) is 0.0952. The number of nitrogens with zero attached hydrogens (tertiary/aromatic N) is 3. The van der Waals surface area contributed by atoms with E-state index in [-0.39, 0.29) is 34.2 Å². The molecule has 0 radical (unpaired) electrons. The van der Waals surface area contributed by atoms with Gasteiger partial charge < -0.3 is 0 Å². The lowest BCUT2D eigenvalue weighted by atomic mass is 10.2. The van der Waals surface area contributed by atoms with E-state index < -0.39 is 31.3 Å². The summed E-state index contributed by atoms with van der Waals surface area (Å²) in [6.07, 6.45) is 0. The molecule has 0 aliphatic carbocycles. The number of fused-ring (bicyclic) bond motifs is 1. The predicted octanol–water partition coefficient (Wildman–Crippen LogP) is 5.67. The summed E-state index contributed by atoms with van der Waals surface area (Å²) in [7, 11) is -4.99. The summed E-state index contributed by atoms with van der Waals surface area (Å²) in [5, 5.41) is 12.9. The van der Waals surface area contributed by atoms with Gasteiger partial charge in [-0.05, 0) is 41.5 Å². The van der Waals surface area contributed by atoms with Crippen LogP contribution in [0, 0.1) is 10.1 Å². The lowest BCUT2D eigenvalue weighted by Crippen LogP contribution is -2.25. The zero-order valence-corrected chi connectivity index (χ0v) is 21.1. The maximum absolute atomic E-state index is 13.5. The van der Waals surface area contributed by atoms with E-state index in [1.54, 1.807) is 24.3 Å². The van der Waals surface area contributed by atoms with Gasteiger partial charge in [0.15, 0.2) is 4.90 Å². The molecule has 1 aromatic heterocycles. The molecule has 0 fully saturated rings. The zero-order valence-electron chi connectivity index (χ0n) is 17.3. The molecule has 14 heteroatoms. The van der Waals surface area contributed by atoms with Crippen LogP contribution < -0.4 is 5.69 Å². The molecule has 1 heterocycles. The van der Waals surface area contributed by atoms with Crippen LogP contribution in [0.25, 0.3) is 11.0 Å². The van der Waals surface area contributed by atoms with Crippen molar-refractivity contribution < 1.29 is 17.9 Å². The minimum Gasteiger partial charge on any atom is -0.287 e. The van der Waals surface area contributed by atoms with Crippen molar-refractivity contribution in [3.05, 3.63) is 100 Å².